The van der Waals surface area contributed by atoms with Gasteiger partial charge in [0, 0.05) is 18.7 Å². The molecule has 21 heavy (non-hydrogen) atoms. The van der Waals surface area contributed by atoms with Crippen LogP contribution in [0.15, 0.2) is 24.3 Å². The van der Waals surface area contributed by atoms with Gasteiger partial charge in [-0.1, -0.05) is 18.2 Å². The van der Waals surface area contributed by atoms with E-state index in [0.717, 1.165) is 18.4 Å². The number of benzene rings is 1. The molecule has 1 saturated carbocycles. The largest absolute Gasteiger partial charge is 0.465 e. The van der Waals surface area contributed by atoms with Crippen LogP contribution in [-0.2, 0) is 20.9 Å². The number of esters is 1. The van der Waals surface area contributed by atoms with Gasteiger partial charge >= 0.3 is 5.97 Å². The fourth-order valence-electron chi connectivity index (χ4n) is 2.26. The van der Waals surface area contributed by atoms with Gasteiger partial charge in [0.05, 0.1) is 13.2 Å². The SMILES string of the molecule is CCOC(=O)CN(C(=O)c1ccccc1COC)C1CC1. The van der Waals surface area contributed by atoms with E-state index in [1.54, 1.807) is 25.0 Å². The van der Waals surface area contributed by atoms with Crippen molar-refractivity contribution >= 4 is 11.9 Å². The number of ether oxygens (including phenoxy) is 2. The molecule has 0 unspecified atom stereocenters. The van der Waals surface area contributed by atoms with Crippen molar-refractivity contribution in [3.8, 4) is 0 Å². The lowest BCUT2D eigenvalue weighted by molar-refractivity contribution is -0.144. The first-order valence-corrected chi connectivity index (χ1v) is 7.20. The molecule has 1 aromatic rings. The maximum Gasteiger partial charge on any atom is 0.325 e. The van der Waals surface area contributed by atoms with Crippen LogP contribution in [0.25, 0.3) is 0 Å². The highest BCUT2D eigenvalue weighted by Crippen LogP contribution is 2.29. The van der Waals surface area contributed by atoms with Crippen LogP contribution in [0.3, 0.4) is 0 Å². The second-order valence-electron chi connectivity index (χ2n) is 5.06. The Kier molecular flexibility index (Phi) is 5.33. The summed E-state index contributed by atoms with van der Waals surface area (Å²) >= 11 is 0. The lowest BCUT2D eigenvalue weighted by Crippen LogP contribution is -2.38. The second kappa shape index (κ2) is 7.22. The molecule has 5 nitrogen and oxygen atoms in total. The number of amides is 1. The molecule has 1 fully saturated rings. The van der Waals surface area contributed by atoms with Crippen LogP contribution in [0, 0.1) is 0 Å². The van der Waals surface area contributed by atoms with Gasteiger partial charge in [-0.05, 0) is 31.4 Å². The summed E-state index contributed by atoms with van der Waals surface area (Å²) in [5.74, 6) is -0.486. The fraction of sp³-hybridized carbons (Fsp3) is 0.500. The number of hydrogen-bond donors (Lipinski definition) is 0. The molecule has 0 atom stereocenters. The highest BCUT2D eigenvalue weighted by molar-refractivity contribution is 5.97. The van der Waals surface area contributed by atoms with Gasteiger partial charge in [-0.3, -0.25) is 9.59 Å². The Morgan fingerprint density at radius 3 is 2.62 bits per heavy atom. The van der Waals surface area contributed by atoms with Crippen molar-refractivity contribution in [3.05, 3.63) is 35.4 Å². The third kappa shape index (κ3) is 4.04. The van der Waals surface area contributed by atoms with E-state index in [1.165, 1.54) is 0 Å². The summed E-state index contributed by atoms with van der Waals surface area (Å²) in [6, 6.07) is 7.49. The summed E-state index contributed by atoms with van der Waals surface area (Å²) < 4.78 is 10.1. The highest BCUT2D eigenvalue weighted by Gasteiger charge is 2.35. The molecule has 0 heterocycles. The molecule has 2 rings (SSSR count). The number of methoxy groups -OCH3 is 1. The second-order valence-corrected chi connectivity index (χ2v) is 5.06. The first-order chi connectivity index (χ1) is 10.2. The molecular formula is C16H21NO4. The molecule has 0 aliphatic heterocycles. The van der Waals surface area contributed by atoms with E-state index < -0.39 is 0 Å². The Morgan fingerprint density at radius 1 is 1.29 bits per heavy atom. The van der Waals surface area contributed by atoms with E-state index in [4.69, 9.17) is 9.47 Å². The number of nitrogens with zero attached hydrogens (tertiary/aromatic N) is 1. The maximum absolute atomic E-state index is 12.7. The third-order valence-corrected chi connectivity index (χ3v) is 3.40. The molecule has 0 radical (unpaired) electrons. The average molecular weight is 291 g/mol. The van der Waals surface area contributed by atoms with Crippen LogP contribution in [0.4, 0.5) is 0 Å². The van der Waals surface area contributed by atoms with Gasteiger partial charge in [-0.2, -0.15) is 0 Å². The first-order valence-electron chi connectivity index (χ1n) is 7.20. The minimum Gasteiger partial charge on any atom is -0.465 e. The molecule has 1 aliphatic rings. The number of hydrogen-bond acceptors (Lipinski definition) is 4. The van der Waals surface area contributed by atoms with Crippen LogP contribution >= 0.6 is 0 Å². The van der Waals surface area contributed by atoms with Crippen molar-refractivity contribution in [2.24, 2.45) is 0 Å². The van der Waals surface area contributed by atoms with Crippen LogP contribution in [0.2, 0.25) is 0 Å². The quantitative estimate of drug-likeness (QED) is 0.721. The molecule has 1 amide bonds. The lowest BCUT2D eigenvalue weighted by Gasteiger charge is -2.22. The van der Waals surface area contributed by atoms with Crippen molar-refractivity contribution in [1.82, 2.24) is 4.90 Å². The van der Waals surface area contributed by atoms with Gasteiger partial charge in [-0.15, -0.1) is 0 Å². The van der Waals surface area contributed by atoms with Gasteiger partial charge in [0.15, 0.2) is 0 Å². The zero-order valence-electron chi connectivity index (χ0n) is 12.5. The molecule has 114 valence electrons. The fourth-order valence-corrected chi connectivity index (χ4v) is 2.26. The normalized spacial score (nSPS) is 13.8. The standard InChI is InChI=1S/C16H21NO4/c1-3-21-15(18)10-17(13-8-9-13)16(19)14-7-5-4-6-12(14)11-20-2/h4-7,13H,3,8-11H2,1-2H3. The Hall–Kier alpha value is -1.88. The first kappa shape index (κ1) is 15.5. The Bertz CT molecular complexity index is 511. The third-order valence-electron chi connectivity index (χ3n) is 3.40. The summed E-state index contributed by atoms with van der Waals surface area (Å²) in [6.07, 6.45) is 1.88. The summed E-state index contributed by atoms with van der Waals surface area (Å²) in [5, 5.41) is 0. The van der Waals surface area contributed by atoms with Gasteiger partial charge in [-0.25, -0.2) is 0 Å². The summed E-state index contributed by atoms with van der Waals surface area (Å²) in [5.41, 5.74) is 1.43. The van der Waals surface area contributed by atoms with Crippen molar-refractivity contribution in [3.63, 3.8) is 0 Å². The highest BCUT2D eigenvalue weighted by atomic mass is 16.5. The molecule has 0 N–H and O–H groups in total. The van der Waals surface area contributed by atoms with E-state index in [0.29, 0.717) is 18.8 Å². The molecule has 0 saturated heterocycles. The van der Waals surface area contributed by atoms with E-state index in [-0.39, 0.29) is 24.5 Å². The van der Waals surface area contributed by atoms with Gasteiger partial charge < -0.3 is 14.4 Å². The van der Waals surface area contributed by atoms with Crippen LogP contribution in [0.1, 0.15) is 35.7 Å². The van der Waals surface area contributed by atoms with Crippen molar-refractivity contribution in [1.29, 1.82) is 0 Å². The van der Waals surface area contributed by atoms with E-state index in [1.807, 2.05) is 18.2 Å². The molecule has 0 bridgehead atoms. The Morgan fingerprint density at radius 2 is 2.00 bits per heavy atom. The topological polar surface area (TPSA) is 55.8 Å². The maximum atomic E-state index is 12.7. The van der Waals surface area contributed by atoms with Crippen molar-refractivity contribution in [2.45, 2.75) is 32.4 Å². The smallest absolute Gasteiger partial charge is 0.325 e. The molecule has 1 aliphatic carbocycles. The van der Waals surface area contributed by atoms with Gasteiger partial charge in [0.2, 0.25) is 0 Å². The number of rotatable bonds is 7. The number of carbonyl (C=O) groups excluding carboxylic acids is 2. The number of carbonyl (C=O) groups is 2. The monoisotopic (exact) mass is 291 g/mol. The van der Waals surface area contributed by atoms with Gasteiger partial charge in [0.25, 0.3) is 5.91 Å². The predicted molar refractivity (Wildman–Crippen MR) is 77.8 cm³/mol. The predicted octanol–water partition coefficient (Wildman–Crippen LogP) is 2.00. The summed E-state index contributed by atoms with van der Waals surface area (Å²) in [4.78, 5) is 26.0. The van der Waals surface area contributed by atoms with Crippen LogP contribution < -0.4 is 0 Å². The molecule has 5 heteroatoms. The Labute approximate surface area is 124 Å². The summed E-state index contributed by atoms with van der Waals surface area (Å²) in [6.45, 7) is 2.47. The Balaban J connectivity index is 2.16. The molecular weight excluding hydrogens is 270 g/mol. The molecule has 0 spiro atoms. The van der Waals surface area contributed by atoms with E-state index >= 15 is 0 Å². The van der Waals surface area contributed by atoms with Crippen molar-refractivity contribution in [2.75, 3.05) is 20.3 Å². The zero-order chi connectivity index (χ0) is 15.2. The van der Waals surface area contributed by atoms with E-state index in [2.05, 4.69) is 0 Å². The summed E-state index contributed by atoms with van der Waals surface area (Å²) in [7, 11) is 1.60. The minimum absolute atomic E-state index is 0.0126. The zero-order valence-corrected chi connectivity index (χ0v) is 12.5. The van der Waals surface area contributed by atoms with Crippen LogP contribution in [-0.4, -0.2) is 43.1 Å². The average Bonchev–Trinajstić information content (AvgIpc) is 3.30. The van der Waals surface area contributed by atoms with Gasteiger partial charge in [0.1, 0.15) is 6.54 Å². The molecule has 0 aromatic heterocycles. The van der Waals surface area contributed by atoms with Crippen LogP contribution in [0.5, 0.6) is 0 Å². The van der Waals surface area contributed by atoms with E-state index in [9.17, 15) is 9.59 Å². The molecule has 1 aromatic carbocycles. The lowest BCUT2D eigenvalue weighted by atomic mass is 10.1. The van der Waals surface area contributed by atoms with Crippen molar-refractivity contribution < 1.29 is 19.1 Å². The minimum atomic E-state index is -0.359.